The van der Waals surface area contributed by atoms with E-state index < -0.39 is 5.41 Å². The lowest BCUT2D eigenvalue weighted by molar-refractivity contribution is -0.141. The number of amidine groups is 1. The lowest BCUT2D eigenvalue weighted by atomic mass is 9.78. The predicted molar refractivity (Wildman–Crippen MR) is 66.8 cm³/mol. The smallest absolute Gasteiger partial charge is 0.236 e. The SMILES string of the molecule is CCC(CC)(C(=O)N(C)C1CCC1)C(N)=NO. The summed E-state index contributed by atoms with van der Waals surface area (Å²) in [6.45, 7) is 3.79. The largest absolute Gasteiger partial charge is 0.409 e. The molecule has 1 fully saturated rings. The van der Waals surface area contributed by atoms with E-state index in [2.05, 4.69) is 5.16 Å². The van der Waals surface area contributed by atoms with Crippen LogP contribution >= 0.6 is 0 Å². The zero-order valence-electron chi connectivity index (χ0n) is 10.9. The summed E-state index contributed by atoms with van der Waals surface area (Å²) in [5.74, 6) is 0.00109. The zero-order chi connectivity index (χ0) is 13.1. The molecule has 1 aliphatic rings. The first-order valence-corrected chi connectivity index (χ1v) is 6.28. The van der Waals surface area contributed by atoms with Gasteiger partial charge in [0.2, 0.25) is 5.91 Å². The Bertz CT molecular complexity index is 307. The van der Waals surface area contributed by atoms with E-state index in [4.69, 9.17) is 10.9 Å². The van der Waals surface area contributed by atoms with Gasteiger partial charge in [0.1, 0.15) is 5.41 Å². The third kappa shape index (κ3) is 2.23. The van der Waals surface area contributed by atoms with Crippen molar-refractivity contribution in [1.82, 2.24) is 4.90 Å². The maximum absolute atomic E-state index is 12.5. The maximum Gasteiger partial charge on any atom is 0.236 e. The number of rotatable bonds is 5. The van der Waals surface area contributed by atoms with Gasteiger partial charge in [-0.3, -0.25) is 4.79 Å². The molecule has 0 aromatic heterocycles. The summed E-state index contributed by atoms with van der Waals surface area (Å²) in [6.07, 6.45) is 4.39. The van der Waals surface area contributed by atoms with Gasteiger partial charge in [0.05, 0.1) is 0 Å². The van der Waals surface area contributed by atoms with Crippen molar-refractivity contribution in [3.05, 3.63) is 0 Å². The Morgan fingerprint density at radius 2 is 2.00 bits per heavy atom. The van der Waals surface area contributed by atoms with Crippen LogP contribution in [0.5, 0.6) is 0 Å². The van der Waals surface area contributed by atoms with Crippen molar-refractivity contribution >= 4 is 11.7 Å². The van der Waals surface area contributed by atoms with Gasteiger partial charge in [-0.15, -0.1) is 0 Å². The number of carbonyl (C=O) groups is 1. The Hall–Kier alpha value is -1.26. The molecule has 98 valence electrons. The zero-order valence-corrected chi connectivity index (χ0v) is 10.9. The molecule has 0 aromatic rings. The van der Waals surface area contributed by atoms with Crippen molar-refractivity contribution in [2.45, 2.75) is 52.0 Å². The molecule has 1 amide bonds. The second-order valence-electron chi connectivity index (χ2n) is 4.78. The summed E-state index contributed by atoms with van der Waals surface area (Å²) >= 11 is 0. The Morgan fingerprint density at radius 1 is 1.47 bits per heavy atom. The summed E-state index contributed by atoms with van der Waals surface area (Å²) in [7, 11) is 1.82. The number of oxime groups is 1. The van der Waals surface area contributed by atoms with Crippen LogP contribution in [-0.4, -0.2) is 34.9 Å². The molecular weight excluding hydrogens is 218 g/mol. The Balaban J connectivity index is 2.93. The van der Waals surface area contributed by atoms with Gasteiger partial charge in [0.15, 0.2) is 5.84 Å². The molecule has 1 rings (SSSR count). The van der Waals surface area contributed by atoms with E-state index in [0.29, 0.717) is 18.9 Å². The molecule has 0 aliphatic heterocycles. The fourth-order valence-corrected chi connectivity index (χ4v) is 2.40. The second-order valence-corrected chi connectivity index (χ2v) is 4.78. The number of hydrogen-bond donors (Lipinski definition) is 2. The first-order chi connectivity index (χ1) is 8.03. The molecule has 3 N–H and O–H groups in total. The number of nitrogens with two attached hydrogens (primary N) is 1. The summed E-state index contributed by atoms with van der Waals surface area (Å²) in [5, 5.41) is 11.9. The molecule has 1 aliphatic carbocycles. The summed E-state index contributed by atoms with van der Waals surface area (Å²) in [5.41, 5.74) is 4.88. The summed E-state index contributed by atoms with van der Waals surface area (Å²) in [6, 6.07) is 0.325. The minimum absolute atomic E-state index is 0.0255. The quantitative estimate of drug-likeness (QED) is 0.332. The standard InChI is InChI=1S/C12H23N3O2/c1-4-12(5-2,10(13)14-17)11(16)15(3)9-7-6-8-9/h9,17H,4-8H2,1-3H3,(H2,13,14). The summed E-state index contributed by atoms with van der Waals surface area (Å²) < 4.78 is 0. The number of carbonyl (C=O) groups excluding carboxylic acids is 1. The average Bonchev–Trinajstić information content (AvgIpc) is 2.28. The van der Waals surface area contributed by atoms with Crippen LogP contribution in [0.3, 0.4) is 0 Å². The van der Waals surface area contributed by atoms with Gasteiger partial charge in [-0.2, -0.15) is 0 Å². The van der Waals surface area contributed by atoms with Gasteiger partial charge in [-0.05, 0) is 32.1 Å². The van der Waals surface area contributed by atoms with Crippen LogP contribution in [0.15, 0.2) is 5.16 Å². The molecule has 0 bridgehead atoms. The molecule has 0 spiro atoms. The molecule has 0 unspecified atom stereocenters. The van der Waals surface area contributed by atoms with Gasteiger partial charge in [0.25, 0.3) is 0 Å². The Labute approximate surface area is 103 Å². The van der Waals surface area contributed by atoms with Crippen molar-refractivity contribution in [1.29, 1.82) is 0 Å². The highest BCUT2D eigenvalue weighted by molar-refractivity contribution is 6.06. The highest BCUT2D eigenvalue weighted by Gasteiger charge is 2.43. The topological polar surface area (TPSA) is 78.9 Å². The van der Waals surface area contributed by atoms with Crippen molar-refractivity contribution in [2.24, 2.45) is 16.3 Å². The number of hydrogen-bond acceptors (Lipinski definition) is 3. The van der Waals surface area contributed by atoms with Crippen molar-refractivity contribution in [3.63, 3.8) is 0 Å². The third-order valence-electron chi connectivity index (χ3n) is 4.16. The van der Waals surface area contributed by atoms with Gasteiger partial charge in [-0.25, -0.2) is 0 Å². The van der Waals surface area contributed by atoms with Crippen molar-refractivity contribution < 1.29 is 10.0 Å². The van der Waals surface area contributed by atoms with Crippen LogP contribution in [-0.2, 0) is 4.79 Å². The second kappa shape index (κ2) is 5.38. The molecule has 0 heterocycles. The fraction of sp³-hybridized carbons (Fsp3) is 0.833. The maximum atomic E-state index is 12.5. The molecule has 5 heteroatoms. The van der Waals surface area contributed by atoms with E-state index in [0.717, 1.165) is 12.8 Å². The molecular formula is C12H23N3O2. The lowest BCUT2D eigenvalue weighted by Gasteiger charge is -2.40. The normalized spacial score (nSPS) is 17.7. The first-order valence-electron chi connectivity index (χ1n) is 6.28. The highest BCUT2D eigenvalue weighted by atomic mass is 16.4. The lowest BCUT2D eigenvalue weighted by Crippen LogP contribution is -2.53. The number of nitrogens with zero attached hydrogens (tertiary/aromatic N) is 2. The van der Waals surface area contributed by atoms with Crippen LogP contribution in [0.25, 0.3) is 0 Å². The van der Waals surface area contributed by atoms with Gasteiger partial charge in [0, 0.05) is 13.1 Å². The van der Waals surface area contributed by atoms with Gasteiger partial charge < -0.3 is 15.8 Å². The van der Waals surface area contributed by atoms with Crippen LogP contribution in [0.2, 0.25) is 0 Å². The molecule has 1 saturated carbocycles. The van der Waals surface area contributed by atoms with Crippen LogP contribution in [0.1, 0.15) is 46.0 Å². The molecule has 5 nitrogen and oxygen atoms in total. The minimum atomic E-state index is -0.848. The summed E-state index contributed by atoms with van der Waals surface area (Å²) in [4.78, 5) is 14.3. The minimum Gasteiger partial charge on any atom is -0.409 e. The van der Waals surface area contributed by atoms with E-state index in [1.165, 1.54) is 6.42 Å². The fourth-order valence-electron chi connectivity index (χ4n) is 2.40. The Kier molecular flexibility index (Phi) is 4.37. The first kappa shape index (κ1) is 13.8. The van der Waals surface area contributed by atoms with E-state index in [9.17, 15) is 4.79 Å². The van der Waals surface area contributed by atoms with Gasteiger partial charge in [-0.1, -0.05) is 19.0 Å². The van der Waals surface area contributed by atoms with Crippen LogP contribution < -0.4 is 5.73 Å². The molecule has 0 radical (unpaired) electrons. The molecule has 0 aromatic carbocycles. The number of amides is 1. The van der Waals surface area contributed by atoms with E-state index >= 15 is 0 Å². The highest BCUT2D eigenvalue weighted by Crippen LogP contribution is 2.33. The van der Waals surface area contributed by atoms with E-state index in [1.807, 2.05) is 20.9 Å². The predicted octanol–water partition coefficient (Wildman–Crippen LogP) is 1.55. The van der Waals surface area contributed by atoms with Crippen LogP contribution in [0.4, 0.5) is 0 Å². The van der Waals surface area contributed by atoms with Gasteiger partial charge >= 0.3 is 0 Å². The molecule has 0 atom stereocenters. The van der Waals surface area contributed by atoms with Crippen molar-refractivity contribution in [2.75, 3.05) is 7.05 Å². The van der Waals surface area contributed by atoms with E-state index in [-0.39, 0.29) is 11.7 Å². The van der Waals surface area contributed by atoms with Crippen LogP contribution in [0, 0.1) is 5.41 Å². The third-order valence-corrected chi connectivity index (χ3v) is 4.16. The molecule has 0 saturated heterocycles. The Morgan fingerprint density at radius 3 is 2.29 bits per heavy atom. The average molecular weight is 241 g/mol. The monoisotopic (exact) mass is 241 g/mol. The van der Waals surface area contributed by atoms with E-state index in [1.54, 1.807) is 4.90 Å². The van der Waals surface area contributed by atoms with Crippen molar-refractivity contribution in [3.8, 4) is 0 Å². The molecule has 17 heavy (non-hydrogen) atoms.